The molecule has 1 aliphatic rings. The molecular weight excluding hydrogens is 441 g/mol. The Kier molecular flexibility index (Phi) is 5.34. The fourth-order valence-electron chi connectivity index (χ4n) is 2.01. The predicted octanol–water partition coefficient (Wildman–Crippen LogP) is 4.36. The van der Waals surface area contributed by atoms with Crippen molar-refractivity contribution in [2.45, 2.75) is 6.61 Å². The van der Waals surface area contributed by atoms with Crippen LogP contribution in [0.5, 0.6) is 5.75 Å². The van der Waals surface area contributed by atoms with Crippen LogP contribution in [0.1, 0.15) is 11.1 Å². The molecule has 23 heavy (non-hydrogen) atoms. The van der Waals surface area contributed by atoms with E-state index in [-0.39, 0.29) is 5.91 Å². The number of halogens is 1. The third-order valence-corrected chi connectivity index (χ3v) is 5.39. The first-order valence-corrected chi connectivity index (χ1v) is 9.13. The number of thioether (sulfide) groups is 1. The lowest BCUT2D eigenvalue weighted by molar-refractivity contribution is -0.115. The van der Waals surface area contributed by atoms with Gasteiger partial charge in [-0.3, -0.25) is 4.79 Å². The molecule has 1 aliphatic heterocycles. The van der Waals surface area contributed by atoms with Crippen LogP contribution in [0.2, 0.25) is 0 Å². The van der Waals surface area contributed by atoms with Gasteiger partial charge in [-0.15, -0.1) is 0 Å². The molecule has 0 aliphatic carbocycles. The quantitative estimate of drug-likeness (QED) is 0.424. The van der Waals surface area contributed by atoms with Gasteiger partial charge in [0.15, 0.2) is 0 Å². The summed E-state index contributed by atoms with van der Waals surface area (Å²) in [6.07, 6.45) is 1.82. The van der Waals surface area contributed by atoms with Crippen LogP contribution in [0.15, 0.2) is 53.4 Å². The van der Waals surface area contributed by atoms with Crippen LogP contribution in [0.25, 0.3) is 6.08 Å². The molecule has 6 heteroatoms. The first kappa shape index (κ1) is 16.5. The summed E-state index contributed by atoms with van der Waals surface area (Å²) in [5, 5.41) is 2.60. The fraction of sp³-hybridized carbons (Fsp3) is 0.0588. The zero-order valence-corrected chi connectivity index (χ0v) is 15.7. The number of hydrogen-bond acceptors (Lipinski definition) is 4. The Labute approximate surface area is 157 Å². The molecule has 1 N–H and O–H groups in total. The SMILES string of the molecule is O=C1NC(=S)S/C1=C/c1ccc(OCc2ccccc2I)cc1. The molecule has 0 saturated carbocycles. The molecule has 3 nitrogen and oxygen atoms in total. The molecule has 0 spiro atoms. The number of benzene rings is 2. The van der Waals surface area contributed by atoms with Crippen LogP contribution in [0.4, 0.5) is 0 Å². The molecule has 1 amide bonds. The summed E-state index contributed by atoms with van der Waals surface area (Å²) in [5.74, 6) is 0.657. The van der Waals surface area contributed by atoms with E-state index >= 15 is 0 Å². The monoisotopic (exact) mass is 453 g/mol. The number of carbonyl (C=O) groups excluding carboxylic acids is 1. The zero-order chi connectivity index (χ0) is 16.2. The largest absolute Gasteiger partial charge is 0.489 e. The number of carbonyl (C=O) groups is 1. The number of thiocarbonyl (C=S) groups is 1. The van der Waals surface area contributed by atoms with Gasteiger partial charge in [0.05, 0.1) is 4.91 Å². The van der Waals surface area contributed by atoms with Crippen molar-refractivity contribution in [3.8, 4) is 5.75 Å². The molecule has 0 atom stereocenters. The number of amides is 1. The van der Waals surface area contributed by atoms with Crippen molar-refractivity contribution in [2.24, 2.45) is 0 Å². The van der Waals surface area contributed by atoms with Gasteiger partial charge in [-0.1, -0.05) is 54.3 Å². The highest BCUT2D eigenvalue weighted by atomic mass is 127. The van der Waals surface area contributed by atoms with Crippen molar-refractivity contribution in [2.75, 3.05) is 0 Å². The van der Waals surface area contributed by atoms with Gasteiger partial charge in [0.2, 0.25) is 0 Å². The zero-order valence-electron chi connectivity index (χ0n) is 11.9. The van der Waals surface area contributed by atoms with Gasteiger partial charge in [-0.05, 0) is 52.4 Å². The standard InChI is InChI=1S/C17H12INO2S2/c18-14-4-2-1-3-12(14)10-21-13-7-5-11(6-8-13)9-15-16(20)19-17(22)23-15/h1-9H,10H2,(H,19,20,22)/b15-9+. The predicted molar refractivity (Wildman–Crippen MR) is 106 cm³/mol. The summed E-state index contributed by atoms with van der Waals surface area (Å²) in [4.78, 5) is 12.2. The fourth-order valence-corrected chi connectivity index (χ4v) is 3.60. The second-order valence-electron chi connectivity index (χ2n) is 4.80. The minimum Gasteiger partial charge on any atom is -0.489 e. The van der Waals surface area contributed by atoms with Crippen LogP contribution >= 0.6 is 46.6 Å². The Hall–Kier alpha value is -1.38. The second-order valence-corrected chi connectivity index (χ2v) is 7.68. The highest BCUT2D eigenvalue weighted by Gasteiger charge is 2.21. The highest BCUT2D eigenvalue weighted by Crippen LogP contribution is 2.26. The molecular formula is C17H12INO2S2. The molecule has 1 heterocycles. The van der Waals surface area contributed by atoms with Crippen molar-refractivity contribution in [3.05, 3.63) is 68.1 Å². The van der Waals surface area contributed by atoms with E-state index in [1.54, 1.807) is 0 Å². The van der Waals surface area contributed by atoms with E-state index < -0.39 is 0 Å². The molecule has 0 radical (unpaired) electrons. The Balaban J connectivity index is 1.66. The minimum atomic E-state index is -0.140. The van der Waals surface area contributed by atoms with Crippen LogP contribution in [0, 0.1) is 3.57 Å². The van der Waals surface area contributed by atoms with Gasteiger partial charge in [-0.2, -0.15) is 0 Å². The Morgan fingerprint density at radius 3 is 2.57 bits per heavy atom. The summed E-state index contributed by atoms with van der Waals surface area (Å²) in [6.45, 7) is 0.534. The number of rotatable bonds is 4. The third kappa shape index (κ3) is 4.33. The summed E-state index contributed by atoms with van der Waals surface area (Å²) in [5.41, 5.74) is 2.10. The van der Waals surface area contributed by atoms with Crippen molar-refractivity contribution in [1.82, 2.24) is 5.32 Å². The van der Waals surface area contributed by atoms with Crippen molar-refractivity contribution < 1.29 is 9.53 Å². The molecule has 1 saturated heterocycles. The molecule has 0 unspecified atom stereocenters. The number of nitrogens with one attached hydrogen (secondary N) is 1. The maximum absolute atomic E-state index is 11.6. The van der Waals surface area contributed by atoms with Gasteiger partial charge in [0.25, 0.3) is 5.91 Å². The molecule has 0 aromatic heterocycles. The average Bonchev–Trinajstić information content (AvgIpc) is 2.85. The van der Waals surface area contributed by atoms with E-state index in [0.717, 1.165) is 16.9 Å². The minimum absolute atomic E-state index is 0.140. The molecule has 2 aromatic rings. The lowest BCUT2D eigenvalue weighted by Crippen LogP contribution is -2.17. The summed E-state index contributed by atoms with van der Waals surface area (Å²) < 4.78 is 7.49. The van der Waals surface area contributed by atoms with E-state index in [1.807, 2.05) is 42.5 Å². The lowest BCUT2D eigenvalue weighted by atomic mass is 10.2. The van der Waals surface area contributed by atoms with Crippen molar-refractivity contribution >= 4 is 62.9 Å². The summed E-state index contributed by atoms with van der Waals surface area (Å²) in [6, 6.07) is 15.8. The average molecular weight is 453 g/mol. The molecule has 0 bridgehead atoms. The normalized spacial score (nSPS) is 15.8. The van der Waals surface area contributed by atoms with Gasteiger partial charge >= 0.3 is 0 Å². The maximum Gasteiger partial charge on any atom is 0.263 e. The Morgan fingerprint density at radius 2 is 1.91 bits per heavy atom. The summed E-state index contributed by atoms with van der Waals surface area (Å²) in [7, 11) is 0. The second kappa shape index (κ2) is 7.46. The van der Waals surface area contributed by atoms with Crippen molar-refractivity contribution in [1.29, 1.82) is 0 Å². The number of hydrogen-bond donors (Lipinski definition) is 1. The molecule has 1 fully saturated rings. The van der Waals surface area contributed by atoms with Crippen LogP contribution in [-0.2, 0) is 11.4 Å². The van der Waals surface area contributed by atoms with Gasteiger partial charge in [0.1, 0.15) is 16.7 Å². The maximum atomic E-state index is 11.6. The van der Waals surface area contributed by atoms with Crippen LogP contribution in [-0.4, -0.2) is 10.2 Å². The number of ether oxygens (including phenoxy) is 1. The van der Waals surface area contributed by atoms with Gasteiger partial charge in [0, 0.05) is 9.13 Å². The smallest absolute Gasteiger partial charge is 0.263 e. The Bertz CT molecular complexity index is 787. The molecule has 2 aromatic carbocycles. The molecule has 116 valence electrons. The highest BCUT2D eigenvalue weighted by molar-refractivity contribution is 14.1. The third-order valence-electron chi connectivity index (χ3n) is 3.17. The van der Waals surface area contributed by atoms with Crippen molar-refractivity contribution in [3.63, 3.8) is 0 Å². The van der Waals surface area contributed by atoms with Crippen LogP contribution < -0.4 is 10.1 Å². The first-order chi connectivity index (χ1) is 11.1. The van der Waals surface area contributed by atoms with E-state index in [0.29, 0.717) is 15.8 Å². The van der Waals surface area contributed by atoms with Gasteiger partial charge < -0.3 is 10.1 Å². The Morgan fingerprint density at radius 1 is 1.17 bits per heavy atom. The summed E-state index contributed by atoms with van der Waals surface area (Å²) >= 11 is 8.55. The van der Waals surface area contributed by atoms with Crippen LogP contribution in [0.3, 0.4) is 0 Å². The first-order valence-electron chi connectivity index (χ1n) is 6.83. The van der Waals surface area contributed by atoms with E-state index in [2.05, 4.69) is 40.0 Å². The van der Waals surface area contributed by atoms with E-state index in [4.69, 9.17) is 17.0 Å². The molecule has 3 rings (SSSR count). The van der Waals surface area contributed by atoms with E-state index in [9.17, 15) is 4.79 Å². The van der Waals surface area contributed by atoms with E-state index in [1.165, 1.54) is 15.3 Å². The van der Waals surface area contributed by atoms with Gasteiger partial charge in [-0.25, -0.2) is 0 Å². The topological polar surface area (TPSA) is 38.3 Å². The lowest BCUT2D eigenvalue weighted by Gasteiger charge is -2.08.